The fraction of sp³-hybridized carbons (Fsp3) is 0.167. The summed E-state index contributed by atoms with van der Waals surface area (Å²) >= 11 is 0. The number of aliphatic imine (C=N–C) groups is 1. The van der Waals surface area contributed by atoms with E-state index in [1.165, 1.54) is 22.4 Å². The third-order valence-corrected chi connectivity index (χ3v) is 5.10. The number of benzene rings is 3. The van der Waals surface area contributed by atoms with Gasteiger partial charge in [0.2, 0.25) is 0 Å². The molecule has 0 saturated carbocycles. The Labute approximate surface area is 154 Å². The third-order valence-electron chi connectivity index (χ3n) is 5.10. The number of hydrogen-bond acceptors (Lipinski definition) is 2. The van der Waals surface area contributed by atoms with Crippen LogP contribution in [0.25, 0.3) is 11.1 Å². The van der Waals surface area contributed by atoms with Gasteiger partial charge in [-0.2, -0.15) is 0 Å². The predicted octanol–water partition coefficient (Wildman–Crippen LogP) is 5.80. The number of aryl methyl sites for hydroxylation is 1. The average Bonchev–Trinajstić information content (AvgIpc) is 3.18. The Hall–Kier alpha value is -3.00. The number of hydrogen-bond donors (Lipinski definition) is 0. The van der Waals surface area contributed by atoms with Crippen molar-refractivity contribution >= 4 is 12.0 Å². The minimum atomic E-state index is 0.246. The molecule has 1 atom stereocenters. The quantitative estimate of drug-likeness (QED) is 0.552. The van der Waals surface area contributed by atoms with E-state index in [2.05, 4.69) is 55.5 Å². The molecule has 0 radical (unpaired) electrons. The molecule has 0 bridgehead atoms. The first-order chi connectivity index (χ1) is 12.7. The summed E-state index contributed by atoms with van der Waals surface area (Å²) in [4.78, 5) is 15.8. The van der Waals surface area contributed by atoms with Crippen LogP contribution in [0.5, 0.6) is 0 Å². The van der Waals surface area contributed by atoms with Gasteiger partial charge in [-0.15, -0.1) is 0 Å². The van der Waals surface area contributed by atoms with Gasteiger partial charge >= 0.3 is 0 Å². The van der Waals surface area contributed by atoms with Crippen molar-refractivity contribution < 1.29 is 4.79 Å². The SMILES string of the molecule is Cc1ccccc1C1=NC(c2ccc(-c3ccc(C=O)cc3)cc2)CC1. The highest BCUT2D eigenvalue weighted by Gasteiger charge is 2.20. The molecular weight excluding hydrogens is 318 g/mol. The molecule has 128 valence electrons. The summed E-state index contributed by atoms with van der Waals surface area (Å²) < 4.78 is 0. The van der Waals surface area contributed by atoms with Gasteiger partial charge in [0.25, 0.3) is 0 Å². The molecule has 2 heteroatoms. The molecule has 0 aliphatic carbocycles. The molecule has 0 aromatic heterocycles. The fourth-order valence-electron chi connectivity index (χ4n) is 3.58. The van der Waals surface area contributed by atoms with Crippen molar-refractivity contribution in [3.8, 4) is 11.1 Å². The van der Waals surface area contributed by atoms with Crippen molar-refractivity contribution in [2.75, 3.05) is 0 Å². The van der Waals surface area contributed by atoms with E-state index in [0.29, 0.717) is 5.56 Å². The molecule has 3 aromatic carbocycles. The molecule has 3 aromatic rings. The summed E-state index contributed by atoms with van der Waals surface area (Å²) in [5.41, 5.74) is 8.05. The zero-order chi connectivity index (χ0) is 17.9. The predicted molar refractivity (Wildman–Crippen MR) is 107 cm³/mol. The first-order valence-corrected chi connectivity index (χ1v) is 9.03. The number of carbonyl (C=O) groups is 1. The number of carbonyl (C=O) groups excluding carboxylic acids is 1. The summed E-state index contributed by atoms with van der Waals surface area (Å²) in [6.45, 7) is 2.15. The summed E-state index contributed by atoms with van der Waals surface area (Å²) in [6, 6.07) is 25.1. The van der Waals surface area contributed by atoms with Gasteiger partial charge in [-0.25, -0.2) is 0 Å². The van der Waals surface area contributed by atoms with E-state index in [-0.39, 0.29) is 6.04 Å². The van der Waals surface area contributed by atoms with Crippen molar-refractivity contribution in [2.45, 2.75) is 25.8 Å². The number of nitrogens with zero attached hydrogens (tertiary/aromatic N) is 1. The Morgan fingerprint density at radius 2 is 1.54 bits per heavy atom. The van der Waals surface area contributed by atoms with Gasteiger partial charge in [-0.05, 0) is 47.6 Å². The van der Waals surface area contributed by atoms with Crippen LogP contribution in [0.4, 0.5) is 0 Å². The Morgan fingerprint density at radius 3 is 2.19 bits per heavy atom. The van der Waals surface area contributed by atoms with Crippen LogP contribution in [0, 0.1) is 6.92 Å². The second kappa shape index (κ2) is 7.09. The molecular formula is C24H21NO. The van der Waals surface area contributed by atoms with E-state index in [1.54, 1.807) is 0 Å². The molecule has 0 N–H and O–H groups in total. The second-order valence-corrected chi connectivity index (χ2v) is 6.81. The molecule has 0 amide bonds. The van der Waals surface area contributed by atoms with E-state index in [0.717, 1.165) is 30.3 Å². The Bertz CT molecular complexity index is 952. The van der Waals surface area contributed by atoms with Crippen molar-refractivity contribution in [1.29, 1.82) is 0 Å². The Kier molecular flexibility index (Phi) is 4.49. The number of rotatable bonds is 4. The van der Waals surface area contributed by atoms with E-state index < -0.39 is 0 Å². The first-order valence-electron chi connectivity index (χ1n) is 9.03. The number of aldehydes is 1. The van der Waals surface area contributed by atoms with Gasteiger partial charge in [0.15, 0.2) is 0 Å². The lowest BCUT2D eigenvalue weighted by Crippen LogP contribution is -1.98. The molecule has 0 fully saturated rings. The van der Waals surface area contributed by atoms with Crippen LogP contribution in [0.1, 0.15) is 45.9 Å². The van der Waals surface area contributed by atoms with E-state index >= 15 is 0 Å². The largest absolute Gasteiger partial charge is 0.298 e. The molecule has 1 heterocycles. The highest BCUT2D eigenvalue weighted by Crippen LogP contribution is 2.32. The summed E-state index contributed by atoms with van der Waals surface area (Å²) in [7, 11) is 0. The molecule has 2 nitrogen and oxygen atoms in total. The second-order valence-electron chi connectivity index (χ2n) is 6.81. The van der Waals surface area contributed by atoms with Crippen molar-refractivity contribution in [3.63, 3.8) is 0 Å². The third kappa shape index (κ3) is 3.23. The summed E-state index contributed by atoms with van der Waals surface area (Å²) in [5, 5.41) is 0. The van der Waals surface area contributed by atoms with E-state index in [4.69, 9.17) is 4.99 Å². The van der Waals surface area contributed by atoms with E-state index in [1.807, 2.05) is 24.3 Å². The Balaban J connectivity index is 1.55. The molecule has 4 rings (SSSR count). The molecule has 0 saturated heterocycles. The molecule has 0 spiro atoms. The summed E-state index contributed by atoms with van der Waals surface area (Å²) in [6.07, 6.45) is 2.97. The van der Waals surface area contributed by atoms with Crippen LogP contribution in [0.2, 0.25) is 0 Å². The lowest BCUT2D eigenvalue weighted by atomic mass is 9.98. The maximum atomic E-state index is 10.8. The van der Waals surface area contributed by atoms with Gasteiger partial charge < -0.3 is 0 Å². The van der Waals surface area contributed by atoms with Gasteiger partial charge in [0.1, 0.15) is 6.29 Å². The van der Waals surface area contributed by atoms with Crippen LogP contribution in [-0.2, 0) is 0 Å². The first kappa shape index (κ1) is 16.5. The van der Waals surface area contributed by atoms with Crippen LogP contribution in [-0.4, -0.2) is 12.0 Å². The zero-order valence-corrected chi connectivity index (χ0v) is 14.9. The maximum absolute atomic E-state index is 10.8. The van der Waals surface area contributed by atoms with Gasteiger partial charge in [0, 0.05) is 11.3 Å². The van der Waals surface area contributed by atoms with Crippen LogP contribution in [0.3, 0.4) is 0 Å². The highest BCUT2D eigenvalue weighted by molar-refractivity contribution is 6.02. The van der Waals surface area contributed by atoms with Crippen LogP contribution in [0.15, 0.2) is 77.8 Å². The van der Waals surface area contributed by atoms with Crippen LogP contribution >= 0.6 is 0 Å². The topological polar surface area (TPSA) is 29.4 Å². The van der Waals surface area contributed by atoms with Crippen molar-refractivity contribution in [2.24, 2.45) is 4.99 Å². The average molecular weight is 339 g/mol. The van der Waals surface area contributed by atoms with Gasteiger partial charge in [-0.1, -0.05) is 72.8 Å². The van der Waals surface area contributed by atoms with Crippen LogP contribution < -0.4 is 0 Å². The molecule has 1 aliphatic heterocycles. The molecule has 26 heavy (non-hydrogen) atoms. The standard InChI is InChI=1S/C24H21NO/c1-17-4-2-3-5-22(17)24-15-14-23(25-24)21-12-10-20(11-13-21)19-8-6-18(16-26)7-9-19/h2-13,16,23H,14-15H2,1H3. The van der Waals surface area contributed by atoms with Crippen molar-refractivity contribution in [1.82, 2.24) is 0 Å². The minimum Gasteiger partial charge on any atom is -0.298 e. The lowest BCUT2D eigenvalue weighted by molar-refractivity contribution is 0.112. The van der Waals surface area contributed by atoms with Gasteiger partial charge in [-0.3, -0.25) is 9.79 Å². The minimum absolute atomic E-state index is 0.246. The smallest absolute Gasteiger partial charge is 0.150 e. The Morgan fingerprint density at radius 1 is 0.885 bits per heavy atom. The monoisotopic (exact) mass is 339 g/mol. The van der Waals surface area contributed by atoms with Gasteiger partial charge in [0.05, 0.1) is 6.04 Å². The molecule has 1 aliphatic rings. The fourth-order valence-corrected chi connectivity index (χ4v) is 3.58. The highest BCUT2D eigenvalue weighted by atomic mass is 16.1. The summed E-state index contributed by atoms with van der Waals surface area (Å²) in [5.74, 6) is 0. The molecule has 1 unspecified atom stereocenters. The normalized spacial score (nSPS) is 16.3. The van der Waals surface area contributed by atoms with Crippen molar-refractivity contribution in [3.05, 3.63) is 95.1 Å². The van der Waals surface area contributed by atoms with E-state index in [9.17, 15) is 4.79 Å². The maximum Gasteiger partial charge on any atom is 0.150 e. The lowest BCUT2D eigenvalue weighted by Gasteiger charge is -2.09. The zero-order valence-electron chi connectivity index (χ0n) is 14.9.